The third-order valence-corrected chi connectivity index (χ3v) is 7.68. The molecule has 2 aliphatic heterocycles. The normalized spacial score (nSPS) is 25.0. The maximum absolute atomic E-state index is 12.8. The van der Waals surface area contributed by atoms with Crippen molar-refractivity contribution in [3.63, 3.8) is 0 Å². The number of aryl methyl sites for hydroxylation is 1. The zero-order valence-corrected chi connectivity index (χ0v) is 20.5. The summed E-state index contributed by atoms with van der Waals surface area (Å²) in [6.45, 7) is 0.375. The quantitative estimate of drug-likeness (QED) is 0.540. The summed E-state index contributed by atoms with van der Waals surface area (Å²) in [5.41, 5.74) is 2.27. The van der Waals surface area contributed by atoms with Crippen LogP contribution in [-0.4, -0.2) is 58.5 Å². The van der Waals surface area contributed by atoms with Gasteiger partial charge >= 0.3 is 6.09 Å². The van der Waals surface area contributed by atoms with E-state index in [1.165, 1.54) is 0 Å². The van der Waals surface area contributed by atoms with E-state index >= 15 is 0 Å². The van der Waals surface area contributed by atoms with E-state index in [9.17, 15) is 14.7 Å². The third-order valence-electron chi connectivity index (χ3n) is 7.68. The molecule has 4 heterocycles. The lowest BCUT2D eigenvalue weighted by molar-refractivity contribution is -0.118. The molecule has 2 amide bonds. The standard InChI is InChI=1S/C27H28N4O6/c1-35-23-5-3-19-24(30-23)17(7-13-28-19)6-8-26(34)9-11-27(12-10-26)16-31(25(33)37-27)18-2-4-21-20(14-18)29-22(32)15-36-21/h2-5,7,13-14,34H,6,8-12,15-16H2,1H3,(H,29,32)/t26-,27-. The van der Waals surface area contributed by atoms with Crippen LogP contribution in [0.2, 0.25) is 0 Å². The molecule has 0 unspecified atom stereocenters. The van der Waals surface area contributed by atoms with Gasteiger partial charge in [0.15, 0.2) is 6.61 Å². The number of pyridine rings is 2. The largest absolute Gasteiger partial charge is 0.482 e. The van der Waals surface area contributed by atoms with Crippen molar-refractivity contribution in [3.8, 4) is 11.6 Å². The van der Waals surface area contributed by atoms with Crippen LogP contribution in [0.3, 0.4) is 0 Å². The van der Waals surface area contributed by atoms with Crippen molar-refractivity contribution in [1.82, 2.24) is 9.97 Å². The van der Waals surface area contributed by atoms with Crippen LogP contribution in [0, 0.1) is 0 Å². The molecule has 10 heteroatoms. The molecule has 3 aromatic rings. The molecule has 1 aliphatic carbocycles. The first-order valence-electron chi connectivity index (χ1n) is 12.4. The Bertz CT molecular complexity index is 1380. The van der Waals surface area contributed by atoms with Crippen LogP contribution in [0.5, 0.6) is 11.6 Å². The van der Waals surface area contributed by atoms with Gasteiger partial charge < -0.3 is 24.6 Å². The van der Waals surface area contributed by atoms with Crippen LogP contribution >= 0.6 is 0 Å². The number of nitrogens with one attached hydrogen (secondary N) is 1. The van der Waals surface area contributed by atoms with Gasteiger partial charge in [-0.05, 0) is 74.4 Å². The second-order valence-corrected chi connectivity index (χ2v) is 10.1. The van der Waals surface area contributed by atoms with Gasteiger partial charge in [-0.1, -0.05) is 0 Å². The van der Waals surface area contributed by atoms with Crippen molar-refractivity contribution in [2.45, 2.75) is 49.7 Å². The van der Waals surface area contributed by atoms with E-state index in [1.54, 1.807) is 42.5 Å². The van der Waals surface area contributed by atoms with E-state index in [2.05, 4.69) is 15.3 Å². The van der Waals surface area contributed by atoms with Crippen LogP contribution in [-0.2, 0) is 16.0 Å². The number of ether oxygens (including phenoxy) is 3. The number of aliphatic hydroxyl groups is 1. The summed E-state index contributed by atoms with van der Waals surface area (Å²) >= 11 is 0. The number of carbonyl (C=O) groups excluding carboxylic acids is 2. The Hall–Kier alpha value is -3.92. The molecular weight excluding hydrogens is 476 g/mol. The zero-order chi connectivity index (χ0) is 25.6. The number of fused-ring (bicyclic) bond motifs is 2. The summed E-state index contributed by atoms with van der Waals surface area (Å²) in [5.74, 6) is 0.872. The van der Waals surface area contributed by atoms with E-state index in [0.29, 0.717) is 68.1 Å². The summed E-state index contributed by atoms with van der Waals surface area (Å²) in [7, 11) is 1.58. The first kappa shape index (κ1) is 23.5. The Morgan fingerprint density at radius 2 is 1.97 bits per heavy atom. The molecule has 1 saturated heterocycles. The van der Waals surface area contributed by atoms with Gasteiger partial charge in [0.2, 0.25) is 5.88 Å². The molecule has 1 aromatic carbocycles. The molecule has 37 heavy (non-hydrogen) atoms. The van der Waals surface area contributed by atoms with Gasteiger partial charge in [-0.3, -0.25) is 14.7 Å². The highest BCUT2D eigenvalue weighted by Crippen LogP contribution is 2.44. The van der Waals surface area contributed by atoms with Crippen LogP contribution < -0.4 is 19.7 Å². The molecule has 2 fully saturated rings. The molecule has 1 saturated carbocycles. The number of hydrogen-bond acceptors (Lipinski definition) is 8. The molecule has 6 rings (SSSR count). The Kier molecular flexibility index (Phi) is 5.63. The minimum atomic E-state index is -0.854. The first-order chi connectivity index (χ1) is 17.9. The molecule has 192 valence electrons. The van der Waals surface area contributed by atoms with Crippen molar-refractivity contribution >= 4 is 34.4 Å². The number of carbonyl (C=O) groups is 2. The summed E-state index contributed by atoms with van der Waals surface area (Å²) in [6, 6.07) is 10.9. The minimum absolute atomic E-state index is 0.0216. The summed E-state index contributed by atoms with van der Waals surface area (Å²) in [6.07, 6.45) is 4.76. The van der Waals surface area contributed by atoms with Crippen molar-refractivity contribution in [2.24, 2.45) is 0 Å². The molecule has 10 nitrogen and oxygen atoms in total. The number of hydrogen-bond donors (Lipinski definition) is 2. The fourth-order valence-corrected chi connectivity index (χ4v) is 5.49. The van der Waals surface area contributed by atoms with Crippen LogP contribution in [0.4, 0.5) is 16.2 Å². The number of methoxy groups -OCH3 is 1. The highest BCUT2D eigenvalue weighted by molar-refractivity contribution is 5.97. The second-order valence-electron chi connectivity index (χ2n) is 10.1. The lowest BCUT2D eigenvalue weighted by Crippen LogP contribution is -2.45. The highest BCUT2D eigenvalue weighted by atomic mass is 16.6. The molecule has 1 spiro atoms. The fraction of sp³-hybridized carbons (Fsp3) is 0.407. The first-order valence-corrected chi connectivity index (χ1v) is 12.4. The average Bonchev–Trinajstić information content (AvgIpc) is 3.24. The van der Waals surface area contributed by atoms with Crippen LogP contribution in [0.25, 0.3) is 11.0 Å². The van der Waals surface area contributed by atoms with Crippen molar-refractivity contribution < 1.29 is 28.9 Å². The van der Waals surface area contributed by atoms with Gasteiger partial charge in [0.1, 0.15) is 11.4 Å². The lowest BCUT2D eigenvalue weighted by atomic mass is 9.73. The Morgan fingerprint density at radius 3 is 2.78 bits per heavy atom. The topological polar surface area (TPSA) is 123 Å². The van der Waals surface area contributed by atoms with Gasteiger partial charge in [-0.15, -0.1) is 0 Å². The number of nitrogens with zero attached hydrogens (tertiary/aromatic N) is 3. The SMILES string of the molecule is COc1ccc2nccc(CC[C@]3(O)CC[C@]4(CC3)CN(c3ccc5c(c3)NC(=O)CO5)C(=O)O4)c2n1. The molecular formula is C27H28N4O6. The van der Waals surface area contributed by atoms with Crippen molar-refractivity contribution in [3.05, 3.63) is 48.2 Å². The number of anilines is 2. The number of benzene rings is 1. The maximum Gasteiger partial charge on any atom is 0.415 e. The van der Waals surface area contributed by atoms with Gasteiger partial charge in [-0.2, -0.15) is 0 Å². The zero-order valence-electron chi connectivity index (χ0n) is 20.5. The number of rotatable bonds is 5. The van der Waals surface area contributed by atoms with E-state index in [0.717, 1.165) is 16.6 Å². The predicted molar refractivity (Wildman–Crippen MR) is 135 cm³/mol. The van der Waals surface area contributed by atoms with Crippen molar-refractivity contribution in [2.75, 3.05) is 30.5 Å². The molecule has 0 radical (unpaired) electrons. The average molecular weight is 505 g/mol. The summed E-state index contributed by atoms with van der Waals surface area (Å²) < 4.78 is 16.6. The third kappa shape index (κ3) is 4.42. The van der Waals surface area contributed by atoms with E-state index < -0.39 is 17.3 Å². The number of amides is 2. The van der Waals surface area contributed by atoms with Gasteiger partial charge in [0.25, 0.3) is 5.91 Å². The molecule has 2 aromatic heterocycles. The van der Waals surface area contributed by atoms with E-state index in [4.69, 9.17) is 14.2 Å². The predicted octanol–water partition coefficient (Wildman–Crippen LogP) is 3.60. The van der Waals surface area contributed by atoms with Gasteiger partial charge in [0, 0.05) is 18.0 Å². The number of aromatic nitrogens is 2. The smallest absolute Gasteiger partial charge is 0.415 e. The van der Waals surface area contributed by atoms with E-state index in [-0.39, 0.29) is 12.5 Å². The van der Waals surface area contributed by atoms with Crippen LogP contribution in [0.1, 0.15) is 37.7 Å². The Morgan fingerprint density at radius 1 is 1.14 bits per heavy atom. The lowest BCUT2D eigenvalue weighted by Gasteiger charge is -2.40. The van der Waals surface area contributed by atoms with Crippen LogP contribution in [0.15, 0.2) is 42.6 Å². The summed E-state index contributed by atoms with van der Waals surface area (Å²) in [5, 5.41) is 14.2. The monoisotopic (exact) mass is 504 g/mol. The van der Waals surface area contributed by atoms with Crippen molar-refractivity contribution in [1.29, 1.82) is 0 Å². The second kappa shape index (κ2) is 8.88. The molecule has 0 bridgehead atoms. The van der Waals surface area contributed by atoms with E-state index in [1.807, 2.05) is 12.1 Å². The molecule has 3 aliphatic rings. The minimum Gasteiger partial charge on any atom is -0.482 e. The van der Waals surface area contributed by atoms with Gasteiger partial charge in [-0.25, -0.2) is 9.78 Å². The maximum atomic E-state index is 12.8. The summed E-state index contributed by atoms with van der Waals surface area (Å²) in [4.78, 5) is 35.0. The Labute approximate surface area is 213 Å². The fourth-order valence-electron chi connectivity index (χ4n) is 5.49. The Balaban J connectivity index is 1.12. The highest BCUT2D eigenvalue weighted by Gasteiger charge is 2.50. The molecule has 2 N–H and O–H groups in total. The molecule has 0 atom stereocenters. The van der Waals surface area contributed by atoms with Gasteiger partial charge in [0.05, 0.1) is 36.0 Å².